The predicted molar refractivity (Wildman–Crippen MR) is 99.9 cm³/mol. The third kappa shape index (κ3) is 4.61. The molecule has 25 heavy (non-hydrogen) atoms. The topological polar surface area (TPSA) is 66.5 Å². The van der Waals surface area contributed by atoms with Gasteiger partial charge in [-0.3, -0.25) is 4.79 Å². The summed E-state index contributed by atoms with van der Waals surface area (Å²) in [6.45, 7) is 8.69. The van der Waals surface area contributed by atoms with Crippen molar-refractivity contribution in [1.82, 2.24) is 9.62 Å². The van der Waals surface area contributed by atoms with Gasteiger partial charge in [-0.2, -0.15) is 4.31 Å². The predicted octanol–water partition coefficient (Wildman–Crippen LogP) is 3.01. The van der Waals surface area contributed by atoms with Gasteiger partial charge in [0.2, 0.25) is 15.9 Å². The molecule has 1 heterocycles. The van der Waals surface area contributed by atoms with Crippen LogP contribution in [-0.4, -0.2) is 37.8 Å². The van der Waals surface area contributed by atoms with E-state index in [0.717, 1.165) is 30.4 Å². The molecule has 1 aliphatic heterocycles. The molecular formula is C19H30N2O3S. The largest absolute Gasteiger partial charge is 0.356 e. The molecule has 0 spiro atoms. The van der Waals surface area contributed by atoms with Gasteiger partial charge in [0, 0.05) is 19.1 Å². The molecule has 1 fully saturated rings. The van der Waals surface area contributed by atoms with Crippen molar-refractivity contribution in [3.05, 3.63) is 29.3 Å². The molecule has 2 atom stereocenters. The van der Waals surface area contributed by atoms with Crippen LogP contribution in [0.25, 0.3) is 0 Å². The van der Waals surface area contributed by atoms with Crippen molar-refractivity contribution in [3.8, 4) is 0 Å². The first-order chi connectivity index (χ1) is 11.8. The molecule has 2 unspecified atom stereocenters. The maximum absolute atomic E-state index is 13.2. The first-order valence-corrected chi connectivity index (χ1v) is 10.6. The molecule has 0 aromatic heterocycles. The number of benzene rings is 1. The van der Waals surface area contributed by atoms with Crippen LogP contribution in [-0.2, 0) is 14.8 Å². The zero-order valence-corrected chi connectivity index (χ0v) is 16.5. The van der Waals surface area contributed by atoms with Crippen LogP contribution in [0.15, 0.2) is 23.1 Å². The van der Waals surface area contributed by atoms with Crippen LogP contribution in [0.4, 0.5) is 0 Å². The standard InChI is InChI=1S/C19H30N2O3S/c1-5-6-11-20-19(22)17-9-8-16(4)21(13-17)25(23,24)18-10-7-14(2)12-15(18)3/h7,10,12,16-17H,5-6,8-9,11,13H2,1-4H3,(H,20,22). The fraction of sp³-hybridized carbons (Fsp3) is 0.632. The van der Waals surface area contributed by atoms with Gasteiger partial charge in [0.1, 0.15) is 0 Å². The number of hydrogen-bond acceptors (Lipinski definition) is 3. The molecule has 0 bridgehead atoms. The highest BCUT2D eigenvalue weighted by Gasteiger charge is 2.37. The zero-order chi connectivity index (χ0) is 18.6. The van der Waals surface area contributed by atoms with E-state index in [1.165, 1.54) is 4.31 Å². The minimum atomic E-state index is -3.60. The fourth-order valence-corrected chi connectivity index (χ4v) is 5.29. The number of nitrogens with one attached hydrogen (secondary N) is 1. The van der Waals surface area contributed by atoms with E-state index in [2.05, 4.69) is 12.2 Å². The number of amides is 1. The van der Waals surface area contributed by atoms with Crippen LogP contribution in [0.3, 0.4) is 0 Å². The Bertz CT molecular complexity index is 715. The Kier molecular flexibility index (Phi) is 6.63. The van der Waals surface area contributed by atoms with Crippen LogP contribution in [0.1, 0.15) is 50.7 Å². The summed E-state index contributed by atoms with van der Waals surface area (Å²) < 4.78 is 27.8. The van der Waals surface area contributed by atoms with E-state index in [9.17, 15) is 13.2 Å². The number of hydrogen-bond donors (Lipinski definition) is 1. The highest BCUT2D eigenvalue weighted by molar-refractivity contribution is 7.89. The second-order valence-electron chi connectivity index (χ2n) is 7.11. The lowest BCUT2D eigenvalue weighted by atomic mass is 9.94. The summed E-state index contributed by atoms with van der Waals surface area (Å²) in [6.07, 6.45) is 3.41. The van der Waals surface area contributed by atoms with Crippen LogP contribution in [0.2, 0.25) is 0 Å². The summed E-state index contributed by atoms with van der Waals surface area (Å²) >= 11 is 0. The quantitative estimate of drug-likeness (QED) is 0.787. The SMILES string of the molecule is CCCCNC(=O)C1CCC(C)N(S(=O)(=O)c2ccc(C)cc2C)C1. The zero-order valence-electron chi connectivity index (χ0n) is 15.7. The Hall–Kier alpha value is -1.40. The molecular weight excluding hydrogens is 336 g/mol. The highest BCUT2D eigenvalue weighted by Crippen LogP contribution is 2.30. The number of nitrogens with zero attached hydrogens (tertiary/aromatic N) is 1. The summed E-state index contributed by atoms with van der Waals surface area (Å²) in [5, 5.41) is 2.94. The fourth-order valence-electron chi connectivity index (χ4n) is 3.37. The molecule has 1 saturated heterocycles. The monoisotopic (exact) mass is 366 g/mol. The van der Waals surface area contributed by atoms with Gasteiger partial charge in [-0.05, 0) is 51.7 Å². The van der Waals surface area contributed by atoms with Gasteiger partial charge in [-0.1, -0.05) is 31.0 Å². The van der Waals surface area contributed by atoms with E-state index in [1.807, 2.05) is 32.9 Å². The number of carbonyl (C=O) groups excluding carboxylic acids is 1. The van der Waals surface area contributed by atoms with Gasteiger partial charge in [0.15, 0.2) is 0 Å². The van der Waals surface area contributed by atoms with Crippen LogP contribution in [0, 0.1) is 19.8 Å². The summed E-state index contributed by atoms with van der Waals surface area (Å²) in [7, 11) is -3.60. The molecule has 0 aliphatic carbocycles. The third-order valence-electron chi connectivity index (χ3n) is 4.94. The Morgan fingerprint density at radius 3 is 2.64 bits per heavy atom. The molecule has 2 rings (SSSR count). The number of unbranched alkanes of at least 4 members (excludes halogenated alkanes) is 1. The number of rotatable bonds is 6. The molecule has 1 aromatic carbocycles. The molecule has 0 saturated carbocycles. The van der Waals surface area contributed by atoms with Crippen molar-refractivity contribution in [2.24, 2.45) is 5.92 Å². The second-order valence-corrected chi connectivity index (χ2v) is 8.97. The van der Waals surface area contributed by atoms with Gasteiger partial charge in [0.25, 0.3) is 0 Å². The Morgan fingerprint density at radius 1 is 1.28 bits per heavy atom. The minimum Gasteiger partial charge on any atom is -0.356 e. The van der Waals surface area contributed by atoms with E-state index in [4.69, 9.17) is 0 Å². The van der Waals surface area contributed by atoms with E-state index in [0.29, 0.717) is 17.9 Å². The van der Waals surface area contributed by atoms with Crippen LogP contribution < -0.4 is 5.32 Å². The smallest absolute Gasteiger partial charge is 0.243 e. The lowest BCUT2D eigenvalue weighted by Crippen LogP contribution is -2.49. The molecule has 140 valence electrons. The molecule has 1 N–H and O–H groups in total. The number of sulfonamides is 1. The van der Waals surface area contributed by atoms with Crippen molar-refractivity contribution < 1.29 is 13.2 Å². The van der Waals surface area contributed by atoms with Crippen molar-refractivity contribution in [2.75, 3.05) is 13.1 Å². The Morgan fingerprint density at radius 2 is 2.00 bits per heavy atom. The number of aryl methyl sites for hydroxylation is 2. The number of piperidine rings is 1. The maximum atomic E-state index is 13.2. The van der Waals surface area contributed by atoms with Gasteiger partial charge < -0.3 is 5.32 Å². The second kappa shape index (κ2) is 8.32. The summed E-state index contributed by atoms with van der Waals surface area (Å²) in [4.78, 5) is 12.7. The van der Waals surface area contributed by atoms with Crippen molar-refractivity contribution >= 4 is 15.9 Å². The lowest BCUT2D eigenvalue weighted by Gasteiger charge is -2.36. The first kappa shape index (κ1) is 19.9. The Labute approximate surface area is 151 Å². The molecule has 1 amide bonds. The van der Waals surface area contributed by atoms with Gasteiger partial charge >= 0.3 is 0 Å². The molecule has 5 nitrogen and oxygen atoms in total. The van der Waals surface area contributed by atoms with Gasteiger partial charge in [-0.25, -0.2) is 8.42 Å². The van der Waals surface area contributed by atoms with Crippen molar-refractivity contribution in [3.63, 3.8) is 0 Å². The summed E-state index contributed by atoms with van der Waals surface area (Å²) in [5.41, 5.74) is 1.79. The van der Waals surface area contributed by atoms with Crippen LogP contribution in [0.5, 0.6) is 0 Å². The van der Waals surface area contributed by atoms with Gasteiger partial charge in [-0.15, -0.1) is 0 Å². The van der Waals surface area contributed by atoms with E-state index in [-0.39, 0.29) is 24.4 Å². The maximum Gasteiger partial charge on any atom is 0.243 e. The third-order valence-corrected chi connectivity index (χ3v) is 7.08. The summed E-state index contributed by atoms with van der Waals surface area (Å²) in [6, 6.07) is 5.29. The molecule has 6 heteroatoms. The number of carbonyl (C=O) groups is 1. The van der Waals surface area contributed by atoms with Gasteiger partial charge in [0.05, 0.1) is 10.8 Å². The minimum absolute atomic E-state index is 0.0267. The summed E-state index contributed by atoms with van der Waals surface area (Å²) in [5.74, 6) is -0.297. The average Bonchev–Trinajstić information content (AvgIpc) is 2.54. The lowest BCUT2D eigenvalue weighted by molar-refractivity contribution is -0.126. The average molecular weight is 367 g/mol. The Balaban J connectivity index is 2.19. The normalized spacial score (nSPS) is 21.9. The van der Waals surface area contributed by atoms with Crippen LogP contribution >= 0.6 is 0 Å². The molecule has 1 aromatic rings. The van der Waals surface area contributed by atoms with Crippen molar-refractivity contribution in [1.29, 1.82) is 0 Å². The van der Waals surface area contributed by atoms with Crippen molar-refractivity contribution in [2.45, 2.75) is 64.3 Å². The van der Waals surface area contributed by atoms with E-state index in [1.54, 1.807) is 6.07 Å². The highest BCUT2D eigenvalue weighted by atomic mass is 32.2. The van der Waals surface area contributed by atoms with E-state index < -0.39 is 10.0 Å². The van der Waals surface area contributed by atoms with E-state index >= 15 is 0 Å². The molecule has 0 radical (unpaired) electrons. The first-order valence-electron chi connectivity index (χ1n) is 9.14. The molecule has 1 aliphatic rings.